The molecule has 5 nitrogen and oxygen atoms in total. The van der Waals surface area contributed by atoms with Gasteiger partial charge in [0.25, 0.3) is 11.8 Å². The van der Waals surface area contributed by atoms with Crippen molar-refractivity contribution in [2.75, 3.05) is 10.6 Å². The lowest BCUT2D eigenvalue weighted by Gasteiger charge is -2.09. The smallest absolute Gasteiger partial charge is 0.255 e. The number of amides is 2. The summed E-state index contributed by atoms with van der Waals surface area (Å²) in [5.41, 5.74) is 4.83. The van der Waals surface area contributed by atoms with Crippen LogP contribution in [0.3, 0.4) is 0 Å². The summed E-state index contributed by atoms with van der Waals surface area (Å²) < 4.78 is 5.85. The molecule has 0 bridgehead atoms. The van der Waals surface area contributed by atoms with Crippen molar-refractivity contribution in [3.05, 3.63) is 119 Å². The van der Waals surface area contributed by atoms with Gasteiger partial charge in [-0.2, -0.15) is 0 Å². The summed E-state index contributed by atoms with van der Waals surface area (Å²) in [5.74, 6) is 0.821. The molecule has 0 saturated carbocycles. The number of carbonyl (C=O) groups excluding carboxylic acids is 2. The van der Waals surface area contributed by atoms with E-state index < -0.39 is 0 Å². The van der Waals surface area contributed by atoms with Gasteiger partial charge in [-0.05, 0) is 86.6 Å². The van der Waals surface area contributed by atoms with Gasteiger partial charge in [0, 0.05) is 22.5 Å². The van der Waals surface area contributed by atoms with E-state index in [1.165, 1.54) is 0 Å². The number of rotatable bonds is 6. The summed E-state index contributed by atoms with van der Waals surface area (Å²) in [7, 11) is 0. The lowest BCUT2D eigenvalue weighted by Crippen LogP contribution is -2.11. The molecule has 0 aliphatic rings. The van der Waals surface area contributed by atoms with Crippen LogP contribution in [0, 0.1) is 13.8 Å². The minimum absolute atomic E-state index is 0.186. The SMILES string of the molecule is Cc1ccc(NC(=O)c2ccc(Oc3ccc(C(=O)Nc4ccc(C)cc4)cc3)cc2)cc1. The molecule has 0 spiro atoms. The van der Waals surface area contributed by atoms with Crippen LogP contribution in [0.15, 0.2) is 97.1 Å². The number of nitrogens with one attached hydrogen (secondary N) is 2. The van der Waals surface area contributed by atoms with Crippen LogP contribution in [0.2, 0.25) is 0 Å². The summed E-state index contributed by atoms with van der Waals surface area (Å²) in [6, 6.07) is 29.1. The second kappa shape index (κ2) is 9.83. The van der Waals surface area contributed by atoms with Crippen LogP contribution in [-0.2, 0) is 0 Å². The highest BCUT2D eigenvalue weighted by molar-refractivity contribution is 6.05. The number of hydrogen-bond donors (Lipinski definition) is 2. The van der Waals surface area contributed by atoms with Crippen molar-refractivity contribution in [1.82, 2.24) is 0 Å². The standard InChI is InChI=1S/C28H24N2O3/c1-19-3-11-23(12-4-19)29-27(31)21-7-15-25(16-8-21)33-26-17-9-22(10-18-26)28(32)30-24-13-5-20(2)6-14-24/h3-18H,1-2H3,(H,29,31)(H,30,32). The third-order valence-corrected chi connectivity index (χ3v) is 5.09. The first kappa shape index (κ1) is 21.8. The zero-order chi connectivity index (χ0) is 23.2. The molecule has 4 rings (SSSR count). The second-order valence-electron chi connectivity index (χ2n) is 7.79. The summed E-state index contributed by atoms with van der Waals surface area (Å²) in [6.07, 6.45) is 0. The van der Waals surface area contributed by atoms with E-state index in [9.17, 15) is 9.59 Å². The zero-order valence-electron chi connectivity index (χ0n) is 18.5. The third kappa shape index (κ3) is 5.86. The molecule has 2 N–H and O–H groups in total. The second-order valence-corrected chi connectivity index (χ2v) is 7.79. The fraction of sp³-hybridized carbons (Fsp3) is 0.0714. The molecule has 0 atom stereocenters. The Morgan fingerprint density at radius 2 is 0.848 bits per heavy atom. The molecule has 4 aromatic carbocycles. The number of anilines is 2. The monoisotopic (exact) mass is 436 g/mol. The van der Waals surface area contributed by atoms with Crippen molar-refractivity contribution in [2.24, 2.45) is 0 Å². The maximum absolute atomic E-state index is 12.4. The maximum Gasteiger partial charge on any atom is 0.255 e. The van der Waals surface area contributed by atoms with E-state index in [0.717, 1.165) is 22.5 Å². The lowest BCUT2D eigenvalue weighted by molar-refractivity contribution is 0.101. The molecule has 0 unspecified atom stereocenters. The minimum Gasteiger partial charge on any atom is -0.457 e. The van der Waals surface area contributed by atoms with Gasteiger partial charge in [-0.3, -0.25) is 9.59 Å². The summed E-state index contributed by atoms with van der Waals surface area (Å²) in [5, 5.41) is 5.75. The van der Waals surface area contributed by atoms with E-state index >= 15 is 0 Å². The van der Waals surface area contributed by atoms with Gasteiger partial charge in [0.05, 0.1) is 0 Å². The Kier molecular flexibility index (Phi) is 6.51. The first-order valence-electron chi connectivity index (χ1n) is 10.6. The van der Waals surface area contributed by atoms with Crippen LogP contribution < -0.4 is 15.4 Å². The van der Waals surface area contributed by atoms with Gasteiger partial charge < -0.3 is 15.4 Å². The molecule has 4 aromatic rings. The highest BCUT2D eigenvalue weighted by Crippen LogP contribution is 2.23. The van der Waals surface area contributed by atoms with Crippen molar-refractivity contribution in [3.8, 4) is 11.5 Å². The Bertz CT molecular complexity index is 1140. The largest absolute Gasteiger partial charge is 0.457 e. The summed E-state index contributed by atoms with van der Waals surface area (Å²) >= 11 is 0. The Morgan fingerprint density at radius 3 is 1.18 bits per heavy atom. The lowest BCUT2D eigenvalue weighted by atomic mass is 10.1. The van der Waals surface area contributed by atoms with Gasteiger partial charge in [0.15, 0.2) is 0 Å². The zero-order valence-corrected chi connectivity index (χ0v) is 18.5. The van der Waals surface area contributed by atoms with Gasteiger partial charge >= 0.3 is 0 Å². The minimum atomic E-state index is -0.186. The van der Waals surface area contributed by atoms with Crippen LogP contribution in [0.1, 0.15) is 31.8 Å². The van der Waals surface area contributed by atoms with Crippen molar-refractivity contribution in [2.45, 2.75) is 13.8 Å². The Hall–Kier alpha value is -4.38. The number of carbonyl (C=O) groups is 2. The fourth-order valence-corrected chi connectivity index (χ4v) is 3.17. The topological polar surface area (TPSA) is 67.4 Å². The summed E-state index contributed by atoms with van der Waals surface area (Å²) in [4.78, 5) is 24.9. The van der Waals surface area contributed by atoms with Gasteiger partial charge in [0.2, 0.25) is 0 Å². The average molecular weight is 437 g/mol. The number of aryl methyl sites for hydroxylation is 2. The molecule has 0 heterocycles. The molecule has 2 amide bonds. The molecule has 0 fully saturated rings. The Labute approximate surface area is 193 Å². The summed E-state index contributed by atoms with van der Waals surface area (Å²) in [6.45, 7) is 4.00. The van der Waals surface area contributed by atoms with Gasteiger partial charge in [-0.25, -0.2) is 0 Å². The first-order valence-corrected chi connectivity index (χ1v) is 10.6. The van der Waals surface area contributed by atoms with Crippen molar-refractivity contribution < 1.29 is 14.3 Å². The average Bonchev–Trinajstić information content (AvgIpc) is 2.83. The van der Waals surface area contributed by atoms with Crippen LogP contribution >= 0.6 is 0 Å². The number of ether oxygens (including phenoxy) is 1. The van der Waals surface area contributed by atoms with E-state index in [4.69, 9.17) is 4.74 Å². The molecule has 0 saturated heterocycles. The van der Waals surface area contributed by atoms with Crippen LogP contribution in [0.4, 0.5) is 11.4 Å². The van der Waals surface area contributed by atoms with Gasteiger partial charge in [-0.1, -0.05) is 35.4 Å². The Balaban J connectivity index is 1.34. The van der Waals surface area contributed by atoms with Gasteiger partial charge in [0.1, 0.15) is 11.5 Å². The molecular formula is C28H24N2O3. The molecule has 33 heavy (non-hydrogen) atoms. The molecule has 0 aliphatic carbocycles. The number of hydrogen-bond acceptors (Lipinski definition) is 3. The van der Waals surface area contributed by atoms with Crippen molar-refractivity contribution >= 4 is 23.2 Å². The van der Waals surface area contributed by atoms with Crippen LogP contribution in [-0.4, -0.2) is 11.8 Å². The van der Waals surface area contributed by atoms with E-state index in [1.54, 1.807) is 48.5 Å². The van der Waals surface area contributed by atoms with Crippen molar-refractivity contribution in [1.29, 1.82) is 0 Å². The quantitative estimate of drug-likeness (QED) is 0.358. The fourth-order valence-electron chi connectivity index (χ4n) is 3.17. The predicted molar refractivity (Wildman–Crippen MR) is 131 cm³/mol. The normalized spacial score (nSPS) is 10.4. The van der Waals surface area contributed by atoms with Crippen LogP contribution in [0.25, 0.3) is 0 Å². The highest BCUT2D eigenvalue weighted by Gasteiger charge is 2.09. The van der Waals surface area contributed by atoms with Crippen LogP contribution in [0.5, 0.6) is 11.5 Å². The maximum atomic E-state index is 12.4. The van der Waals surface area contributed by atoms with Crippen molar-refractivity contribution in [3.63, 3.8) is 0 Å². The van der Waals surface area contributed by atoms with Gasteiger partial charge in [-0.15, -0.1) is 0 Å². The van der Waals surface area contributed by atoms with E-state index in [2.05, 4.69) is 10.6 Å². The highest BCUT2D eigenvalue weighted by atomic mass is 16.5. The van der Waals surface area contributed by atoms with E-state index in [1.807, 2.05) is 62.4 Å². The van der Waals surface area contributed by atoms with E-state index in [0.29, 0.717) is 22.6 Å². The third-order valence-electron chi connectivity index (χ3n) is 5.09. The molecular weight excluding hydrogens is 412 g/mol. The number of benzene rings is 4. The predicted octanol–water partition coefficient (Wildman–Crippen LogP) is 6.60. The molecule has 0 aromatic heterocycles. The Morgan fingerprint density at radius 1 is 0.515 bits per heavy atom. The molecule has 164 valence electrons. The molecule has 0 radical (unpaired) electrons. The van der Waals surface area contributed by atoms with E-state index in [-0.39, 0.29) is 11.8 Å². The molecule has 0 aliphatic heterocycles. The molecule has 5 heteroatoms. The first-order chi connectivity index (χ1) is 16.0.